The fourth-order valence-electron chi connectivity index (χ4n) is 1.15. The molecule has 1 unspecified atom stereocenters. The number of tetrazole rings is 1. The first-order valence-corrected chi connectivity index (χ1v) is 5.96. The Morgan fingerprint density at radius 1 is 1.79 bits per heavy atom. The van der Waals surface area contributed by atoms with Crippen molar-refractivity contribution in [3.8, 4) is 0 Å². The third-order valence-electron chi connectivity index (χ3n) is 1.87. The first-order valence-electron chi connectivity index (χ1n) is 4.15. The summed E-state index contributed by atoms with van der Waals surface area (Å²) < 4.78 is 1.86. The quantitative estimate of drug-likeness (QED) is 0.773. The summed E-state index contributed by atoms with van der Waals surface area (Å²) >= 11 is 6.63. The molecule has 1 atom stereocenters. The van der Waals surface area contributed by atoms with Gasteiger partial charge in [0, 0.05) is 0 Å². The number of aromatic amines is 1. The number of nitrogens with one attached hydrogen (secondary N) is 1. The highest BCUT2D eigenvalue weighted by Gasteiger charge is 2.17. The third-order valence-corrected chi connectivity index (χ3v) is 2.79. The largest absolute Gasteiger partial charge is 0.298 e. The topological polar surface area (TPSA) is 63.6 Å². The van der Waals surface area contributed by atoms with E-state index in [1.807, 2.05) is 6.26 Å². The Bertz CT molecular complexity index is 359. The molecule has 0 aromatic carbocycles. The second-order valence-corrected chi connectivity index (χ2v) is 4.21. The van der Waals surface area contributed by atoms with Gasteiger partial charge in [0.1, 0.15) is 6.04 Å². The number of H-pyrrole nitrogens is 1. The number of ketones is 1. The highest BCUT2D eigenvalue weighted by molar-refractivity contribution is 7.98. The van der Waals surface area contributed by atoms with Crippen LogP contribution in [0.4, 0.5) is 0 Å². The van der Waals surface area contributed by atoms with E-state index in [-0.39, 0.29) is 11.8 Å². The van der Waals surface area contributed by atoms with Crippen molar-refractivity contribution in [2.75, 3.05) is 12.0 Å². The van der Waals surface area contributed by atoms with E-state index in [9.17, 15) is 4.79 Å². The lowest BCUT2D eigenvalue weighted by Gasteiger charge is -2.12. The van der Waals surface area contributed by atoms with Crippen molar-refractivity contribution in [3.63, 3.8) is 0 Å². The Kier molecular flexibility index (Phi) is 4.27. The van der Waals surface area contributed by atoms with Crippen LogP contribution in [0.1, 0.15) is 19.4 Å². The van der Waals surface area contributed by atoms with Gasteiger partial charge >= 0.3 is 0 Å². The molecule has 0 amide bonds. The first kappa shape index (κ1) is 11.4. The predicted molar refractivity (Wildman–Crippen MR) is 57.9 cm³/mol. The summed E-state index contributed by atoms with van der Waals surface area (Å²) in [6.45, 7) is 1.55. The van der Waals surface area contributed by atoms with Crippen LogP contribution in [0.15, 0.2) is 0 Å². The number of aromatic nitrogens is 4. The Hall–Kier alpha value is -0.690. The average Bonchev–Trinajstić information content (AvgIpc) is 2.52. The zero-order valence-corrected chi connectivity index (χ0v) is 9.69. The Labute approximate surface area is 91.2 Å². The predicted octanol–water partition coefficient (Wildman–Crippen LogP) is 1.22. The molecule has 0 fully saturated rings. The molecule has 0 aliphatic heterocycles. The molecule has 78 valence electrons. The number of Topliss-reactive ketones (excluding diaryl/α,β-unsaturated/α-hetero) is 1. The Balaban J connectivity index is 2.83. The number of thioether (sulfide) groups is 1. The molecule has 1 N–H and O–H groups in total. The fraction of sp³-hybridized carbons (Fsp3) is 0.714. The monoisotopic (exact) mass is 232 g/mol. The molecule has 0 aliphatic carbocycles. The minimum Gasteiger partial charge on any atom is -0.298 e. The molecule has 1 rings (SSSR count). The van der Waals surface area contributed by atoms with Gasteiger partial charge in [0.25, 0.3) is 0 Å². The maximum Gasteiger partial charge on any atom is 0.238 e. The van der Waals surface area contributed by atoms with Crippen molar-refractivity contribution in [1.29, 1.82) is 0 Å². The minimum absolute atomic E-state index is 0.0706. The highest BCUT2D eigenvalue weighted by Crippen LogP contribution is 2.13. The van der Waals surface area contributed by atoms with E-state index in [4.69, 9.17) is 12.2 Å². The maximum atomic E-state index is 11.3. The fourth-order valence-corrected chi connectivity index (χ4v) is 1.82. The molecule has 0 aliphatic rings. The normalized spacial score (nSPS) is 12.7. The van der Waals surface area contributed by atoms with Gasteiger partial charge in [-0.1, -0.05) is 10.3 Å². The van der Waals surface area contributed by atoms with Crippen LogP contribution in [0.25, 0.3) is 0 Å². The zero-order valence-electron chi connectivity index (χ0n) is 8.06. The third kappa shape index (κ3) is 2.65. The van der Waals surface area contributed by atoms with Crippen LogP contribution >= 0.6 is 24.0 Å². The van der Waals surface area contributed by atoms with E-state index in [1.54, 1.807) is 18.7 Å². The second-order valence-electron chi connectivity index (χ2n) is 2.86. The van der Waals surface area contributed by atoms with Crippen molar-refractivity contribution in [1.82, 2.24) is 20.2 Å². The number of rotatable bonds is 5. The van der Waals surface area contributed by atoms with E-state index >= 15 is 0 Å². The van der Waals surface area contributed by atoms with Gasteiger partial charge in [-0.15, -0.1) is 0 Å². The van der Waals surface area contributed by atoms with E-state index in [2.05, 4.69) is 15.5 Å². The van der Waals surface area contributed by atoms with E-state index in [1.165, 1.54) is 4.68 Å². The van der Waals surface area contributed by atoms with Crippen molar-refractivity contribution >= 4 is 29.8 Å². The molecule has 0 saturated carbocycles. The molecular formula is C7H12N4OS2. The molecule has 14 heavy (non-hydrogen) atoms. The Morgan fingerprint density at radius 3 is 2.93 bits per heavy atom. The van der Waals surface area contributed by atoms with Gasteiger partial charge < -0.3 is 0 Å². The number of hydrogen-bond donors (Lipinski definition) is 1. The van der Waals surface area contributed by atoms with Crippen molar-refractivity contribution in [2.45, 2.75) is 19.4 Å². The average molecular weight is 232 g/mol. The standard InChI is InChI=1S/C7H12N4OS2/c1-5(12)6(3-4-14-2)11-7(13)8-9-10-11/h6H,3-4H2,1-2H3,(H,8,10,13). The minimum atomic E-state index is -0.259. The molecule has 1 aromatic rings. The lowest BCUT2D eigenvalue weighted by molar-refractivity contribution is -0.120. The Morgan fingerprint density at radius 2 is 2.50 bits per heavy atom. The van der Waals surface area contributed by atoms with Crippen LogP contribution in [0.3, 0.4) is 0 Å². The van der Waals surface area contributed by atoms with Gasteiger partial charge in [0.15, 0.2) is 5.78 Å². The maximum absolute atomic E-state index is 11.3. The van der Waals surface area contributed by atoms with Crippen LogP contribution in [-0.2, 0) is 4.79 Å². The molecule has 1 aromatic heterocycles. The van der Waals surface area contributed by atoms with Crippen LogP contribution in [0.5, 0.6) is 0 Å². The summed E-state index contributed by atoms with van der Waals surface area (Å²) in [5.74, 6) is 0.978. The van der Waals surface area contributed by atoms with E-state index in [0.29, 0.717) is 4.77 Å². The van der Waals surface area contributed by atoms with Gasteiger partial charge in [-0.2, -0.15) is 17.0 Å². The van der Waals surface area contributed by atoms with E-state index < -0.39 is 0 Å². The molecule has 0 spiro atoms. The van der Waals surface area contributed by atoms with Crippen LogP contribution in [0, 0.1) is 4.77 Å². The second kappa shape index (κ2) is 5.26. The van der Waals surface area contributed by atoms with Crippen LogP contribution < -0.4 is 0 Å². The van der Waals surface area contributed by atoms with Crippen molar-refractivity contribution < 1.29 is 4.79 Å². The number of hydrogen-bond acceptors (Lipinski definition) is 5. The smallest absolute Gasteiger partial charge is 0.238 e. The van der Waals surface area contributed by atoms with Crippen molar-refractivity contribution in [2.24, 2.45) is 0 Å². The molecular weight excluding hydrogens is 220 g/mol. The van der Waals surface area contributed by atoms with Crippen LogP contribution in [-0.4, -0.2) is 38.0 Å². The van der Waals surface area contributed by atoms with Crippen molar-refractivity contribution in [3.05, 3.63) is 4.77 Å². The van der Waals surface area contributed by atoms with E-state index in [0.717, 1.165) is 12.2 Å². The van der Waals surface area contributed by atoms with Gasteiger partial charge in [0.05, 0.1) is 0 Å². The highest BCUT2D eigenvalue weighted by atomic mass is 32.2. The lowest BCUT2D eigenvalue weighted by atomic mass is 10.1. The van der Waals surface area contributed by atoms with Gasteiger partial charge in [0.2, 0.25) is 4.77 Å². The molecule has 1 heterocycles. The summed E-state index contributed by atoms with van der Waals surface area (Å²) in [4.78, 5) is 11.3. The zero-order chi connectivity index (χ0) is 10.6. The SMILES string of the molecule is CSCCC(C(C)=O)n1[nH]nnc1=S. The summed E-state index contributed by atoms with van der Waals surface area (Å²) in [5, 5.41) is 9.82. The lowest BCUT2D eigenvalue weighted by Crippen LogP contribution is -2.19. The number of carbonyl (C=O) groups excluding carboxylic acids is 1. The van der Waals surface area contributed by atoms with Gasteiger partial charge in [-0.05, 0) is 37.6 Å². The summed E-state index contributed by atoms with van der Waals surface area (Å²) in [7, 11) is 0. The first-order chi connectivity index (χ1) is 6.66. The molecule has 5 nitrogen and oxygen atoms in total. The molecule has 0 bridgehead atoms. The number of nitrogens with zero attached hydrogens (tertiary/aromatic N) is 3. The van der Waals surface area contributed by atoms with Gasteiger partial charge in [-0.3, -0.25) is 4.79 Å². The number of carbonyl (C=O) groups is 1. The summed E-state index contributed by atoms with van der Waals surface area (Å²) in [6.07, 6.45) is 2.75. The summed E-state index contributed by atoms with van der Waals surface area (Å²) in [5.41, 5.74) is 0. The van der Waals surface area contributed by atoms with Crippen LogP contribution in [0.2, 0.25) is 0 Å². The summed E-state index contributed by atoms with van der Waals surface area (Å²) in [6, 6.07) is -0.259. The van der Waals surface area contributed by atoms with Gasteiger partial charge in [-0.25, -0.2) is 4.68 Å². The molecule has 7 heteroatoms. The molecule has 0 saturated heterocycles. The molecule has 0 radical (unpaired) electrons.